The molecule has 0 radical (unpaired) electrons. The van der Waals surface area contributed by atoms with E-state index in [1.165, 1.54) is 72.5 Å². The zero-order valence-corrected chi connectivity index (χ0v) is 29.2. The van der Waals surface area contributed by atoms with Crippen LogP contribution in [0.4, 0.5) is 17.1 Å². The molecule has 3 aliphatic carbocycles. The fourth-order valence-corrected chi connectivity index (χ4v) is 8.62. The molecule has 0 bridgehead atoms. The highest BCUT2D eigenvalue weighted by atomic mass is 15.1. The normalized spacial score (nSPS) is 15.8. The molecular weight excluding hydrogens is 603 g/mol. The summed E-state index contributed by atoms with van der Waals surface area (Å²) in [4.78, 5) is 2.47. The zero-order chi connectivity index (χ0) is 34.0. The van der Waals surface area contributed by atoms with Crippen LogP contribution >= 0.6 is 0 Å². The van der Waals surface area contributed by atoms with Gasteiger partial charge in [-0.1, -0.05) is 149 Å². The third-order valence-electron chi connectivity index (χ3n) is 11.3. The van der Waals surface area contributed by atoms with Gasteiger partial charge in [0.1, 0.15) is 0 Å². The summed E-state index contributed by atoms with van der Waals surface area (Å²) >= 11 is 0. The molecule has 242 valence electrons. The highest BCUT2D eigenvalue weighted by Gasteiger charge is 2.42. The number of fused-ring (bicyclic) bond motifs is 6. The molecule has 0 unspecified atom stereocenters. The van der Waals surface area contributed by atoms with Crippen molar-refractivity contribution in [2.24, 2.45) is 0 Å². The van der Waals surface area contributed by atoms with Crippen molar-refractivity contribution in [2.75, 3.05) is 4.90 Å². The molecule has 0 N–H and O–H groups in total. The highest BCUT2D eigenvalue weighted by Crippen LogP contribution is 2.58. The Bertz CT molecular complexity index is 2360. The Hall–Kier alpha value is -5.66. The second-order valence-electron chi connectivity index (χ2n) is 14.9. The van der Waals surface area contributed by atoms with E-state index in [0.29, 0.717) is 0 Å². The van der Waals surface area contributed by atoms with Crippen molar-refractivity contribution in [1.82, 2.24) is 0 Å². The van der Waals surface area contributed by atoms with Crippen LogP contribution in [0.3, 0.4) is 0 Å². The average Bonchev–Trinajstić information content (AvgIpc) is 3.34. The van der Waals surface area contributed by atoms with E-state index in [2.05, 4.69) is 196 Å². The second-order valence-corrected chi connectivity index (χ2v) is 14.9. The number of nitrogens with zero attached hydrogens (tertiary/aromatic N) is 1. The van der Waals surface area contributed by atoms with Crippen LogP contribution in [0.15, 0.2) is 164 Å². The molecule has 0 spiro atoms. The first kappa shape index (κ1) is 30.4. The van der Waals surface area contributed by atoms with Gasteiger partial charge in [-0.25, -0.2) is 0 Å². The monoisotopic (exact) mass is 643 g/mol. The van der Waals surface area contributed by atoms with Crippen LogP contribution in [0.1, 0.15) is 61.9 Å². The highest BCUT2D eigenvalue weighted by molar-refractivity contribution is 5.97. The van der Waals surface area contributed by atoms with Crippen LogP contribution in [-0.4, -0.2) is 0 Å². The molecule has 6 aromatic carbocycles. The van der Waals surface area contributed by atoms with Gasteiger partial charge in [0, 0.05) is 27.8 Å². The Morgan fingerprint density at radius 3 is 1.82 bits per heavy atom. The molecule has 3 aliphatic rings. The Kier molecular flexibility index (Phi) is 6.97. The quantitative estimate of drug-likeness (QED) is 0.181. The van der Waals surface area contributed by atoms with Crippen LogP contribution in [0.25, 0.3) is 39.0 Å². The number of benzene rings is 6. The Labute approximate surface area is 296 Å². The summed E-state index contributed by atoms with van der Waals surface area (Å²) in [6.07, 6.45) is 11.8. The average molecular weight is 644 g/mol. The molecule has 1 heteroatoms. The summed E-state index contributed by atoms with van der Waals surface area (Å²) in [5, 5.41) is 0. The number of hydrogen-bond acceptors (Lipinski definition) is 1. The third-order valence-corrected chi connectivity index (χ3v) is 11.3. The first-order valence-corrected chi connectivity index (χ1v) is 17.8. The molecule has 1 nitrogen and oxygen atoms in total. The lowest BCUT2D eigenvalue weighted by Gasteiger charge is -2.29. The van der Waals surface area contributed by atoms with E-state index in [1.807, 2.05) is 0 Å². The maximum Gasteiger partial charge on any atom is 0.0543 e. The predicted molar refractivity (Wildman–Crippen MR) is 213 cm³/mol. The van der Waals surface area contributed by atoms with E-state index in [0.717, 1.165) is 17.8 Å². The lowest BCUT2D eigenvalue weighted by Crippen LogP contribution is -2.17. The minimum Gasteiger partial charge on any atom is -0.310 e. The van der Waals surface area contributed by atoms with Crippen LogP contribution in [0.5, 0.6) is 0 Å². The van der Waals surface area contributed by atoms with Gasteiger partial charge < -0.3 is 4.90 Å². The summed E-state index contributed by atoms with van der Waals surface area (Å²) in [7, 11) is 0. The minimum atomic E-state index is -0.142. The summed E-state index contributed by atoms with van der Waals surface area (Å²) < 4.78 is 0. The topological polar surface area (TPSA) is 3.24 Å². The number of allylic oxidation sites excluding steroid dienone is 6. The van der Waals surface area contributed by atoms with Gasteiger partial charge in [0.25, 0.3) is 0 Å². The van der Waals surface area contributed by atoms with Crippen molar-refractivity contribution < 1.29 is 0 Å². The Morgan fingerprint density at radius 2 is 1.06 bits per heavy atom. The molecule has 0 heterocycles. The first-order valence-electron chi connectivity index (χ1n) is 17.8. The van der Waals surface area contributed by atoms with Crippen molar-refractivity contribution in [3.8, 4) is 33.4 Å². The van der Waals surface area contributed by atoms with Crippen molar-refractivity contribution in [3.63, 3.8) is 0 Å². The van der Waals surface area contributed by atoms with Gasteiger partial charge in [-0.2, -0.15) is 0 Å². The van der Waals surface area contributed by atoms with Crippen molar-refractivity contribution in [3.05, 3.63) is 192 Å². The van der Waals surface area contributed by atoms with Gasteiger partial charge >= 0.3 is 0 Å². The largest absolute Gasteiger partial charge is 0.310 e. The van der Waals surface area contributed by atoms with Crippen LogP contribution < -0.4 is 4.90 Å². The summed E-state index contributed by atoms with van der Waals surface area (Å²) in [5.41, 5.74) is 19.4. The smallest absolute Gasteiger partial charge is 0.0543 e. The summed E-state index contributed by atoms with van der Waals surface area (Å²) in [6, 6.07) is 49.8. The first-order chi connectivity index (χ1) is 24.3. The van der Waals surface area contributed by atoms with Crippen molar-refractivity contribution in [2.45, 2.75) is 44.9 Å². The molecule has 0 aliphatic heterocycles. The van der Waals surface area contributed by atoms with E-state index >= 15 is 0 Å². The number of anilines is 3. The Morgan fingerprint density at radius 1 is 0.460 bits per heavy atom. The van der Waals surface area contributed by atoms with Gasteiger partial charge in [0.05, 0.1) is 5.69 Å². The maximum absolute atomic E-state index is 2.53. The van der Waals surface area contributed by atoms with E-state index in [1.54, 1.807) is 0 Å². The van der Waals surface area contributed by atoms with Gasteiger partial charge in [0.2, 0.25) is 0 Å². The SMILES string of the molecule is CC1(C)c2ccccc2-c2cc3c(cc21)-c1c(N(c2ccc(C4=CC=CC=CC4)cc2)c2ccc(-c4ccccc4)cc2)cccc1C3(C)C. The van der Waals surface area contributed by atoms with E-state index in [9.17, 15) is 0 Å². The molecule has 9 rings (SSSR count). The molecule has 0 amide bonds. The van der Waals surface area contributed by atoms with Crippen molar-refractivity contribution >= 4 is 22.6 Å². The number of rotatable bonds is 5. The minimum absolute atomic E-state index is 0.0668. The molecule has 6 aromatic rings. The molecular formula is C49H41N. The lowest BCUT2D eigenvalue weighted by molar-refractivity contribution is 0.652. The third kappa shape index (κ3) is 4.68. The lowest BCUT2D eigenvalue weighted by atomic mass is 9.79. The predicted octanol–water partition coefficient (Wildman–Crippen LogP) is 13.3. The van der Waals surface area contributed by atoms with E-state index < -0.39 is 0 Å². The molecule has 0 saturated heterocycles. The van der Waals surface area contributed by atoms with Crippen LogP contribution in [0.2, 0.25) is 0 Å². The fraction of sp³-hybridized carbons (Fsp3) is 0.143. The van der Waals surface area contributed by atoms with Gasteiger partial charge in [0.15, 0.2) is 0 Å². The van der Waals surface area contributed by atoms with Gasteiger partial charge in [-0.3, -0.25) is 0 Å². The van der Waals surface area contributed by atoms with Gasteiger partial charge in [-0.15, -0.1) is 0 Å². The van der Waals surface area contributed by atoms with Crippen LogP contribution in [0, 0.1) is 0 Å². The van der Waals surface area contributed by atoms with E-state index in [-0.39, 0.29) is 10.8 Å². The Balaban J connectivity index is 1.23. The standard InChI is InChI=1S/C49H41N/c1-48(2)42-20-13-12-19-39(42)40-31-45-41(32-44(40)48)47-43(49(45,3)4)21-14-22-46(47)50(38-29-25-36(26-30-38)34-17-10-7-11-18-34)37-27-23-35(24-28-37)33-15-8-5-6-9-16-33/h5-15,17-32H,16H2,1-4H3. The molecule has 50 heavy (non-hydrogen) atoms. The second kappa shape index (κ2) is 11.5. The maximum atomic E-state index is 2.53. The van der Waals surface area contributed by atoms with Gasteiger partial charge in [-0.05, 0) is 110 Å². The summed E-state index contributed by atoms with van der Waals surface area (Å²) in [5.74, 6) is 0. The summed E-state index contributed by atoms with van der Waals surface area (Å²) in [6.45, 7) is 9.57. The molecule has 0 fully saturated rings. The van der Waals surface area contributed by atoms with Crippen molar-refractivity contribution in [1.29, 1.82) is 0 Å². The molecule has 0 atom stereocenters. The van der Waals surface area contributed by atoms with E-state index in [4.69, 9.17) is 0 Å². The fourth-order valence-electron chi connectivity index (χ4n) is 8.62. The molecule has 0 saturated carbocycles. The zero-order valence-electron chi connectivity index (χ0n) is 29.2. The molecule has 0 aromatic heterocycles. The van der Waals surface area contributed by atoms with Crippen LogP contribution in [-0.2, 0) is 10.8 Å². The number of hydrogen-bond donors (Lipinski definition) is 0.